The molecule has 1 N–H and O–H groups in total. The SMILES string of the molecule is COc1ccc(CN2CCc3nc(-c4cncnc4)[nH]c(=O)c3C2)cn1. The molecule has 0 saturated carbocycles. The second kappa shape index (κ2) is 7.01. The lowest BCUT2D eigenvalue weighted by Gasteiger charge is -2.27. The number of nitrogens with zero attached hydrogens (tertiary/aromatic N) is 5. The highest BCUT2D eigenvalue weighted by Gasteiger charge is 2.21. The molecule has 26 heavy (non-hydrogen) atoms. The normalized spacial score (nSPS) is 14.0. The van der Waals surface area contributed by atoms with Crippen LogP contribution in [-0.2, 0) is 19.5 Å². The molecule has 8 nitrogen and oxygen atoms in total. The lowest BCUT2D eigenvalue weighted by atomic mass is 10.1. The molecule has 0 unspecified atom stereocenters. The predicted octanol–water partition coefficient (Wildman–Crippen LogP) is 1.19. The molecule has 0 aliphatic carbocycles. The molecule has 3 aromatic rings. The van der Waals surface area contributed by atoms with Crippen LogP contribution in [0.4, 0.5) is 0 Å². The quantitative estimate of drug-likeness (QED) is 0.755. The molecule has 1 aliphatic rings. The summed E-state index contributed by atoms with van der Waals surface area (Å²) >= 11 is 0. The number of pyridine rings is 1. The van der Waals surface area contributed by atoms with Crippen LogP contribution < -0.4 is 10.3 Å². The van der Waals surface area contributed by atoms with Gasteiger partial charge in [-0.05, 0) is 5.56 Å². The Hall–Kier alpha value is -3.13. The number of fused-ring (bicyclic) bond motifs is 1. The second-order valence-electron chi connectivity index (χ2n) is 6.14. The molecule has 0 amide bonds. The summed E-state index contributed by atoms with van der Waals surface area (Å²) in [5.41, 5.74) is 3.25. The fourth-order valence-electron chi connectivity index (χ4n) is 3.06. The van der Waals surface area contributed by atoms with E-state index in [2.05, 4.69) is 29.8 Å². The largest absolute Gasteiger partial charge is 0.481 e. The van der Waals surface area contributed by atoms with E-state index in [-0.39, 0.29) is 5.56 Å². The first-order valence-corrected chi connectivity index (χ1v) is 8.31. The van der Waals surface area contributed by atoms with Crippen molar-refractivity contribution in [2.45, 2.75) is 19.5 Å². The number of hydrogen-bond donors (Lipinski definition) is 1. The van der Waals surface area contributed by atoms with Crippen LogP contribution >= 0.6 is 0 Å². The molecular formula is C18H18N6O2. The van der Waals surface area contributed by atoms with Crippen LogP contribution in [-0.4, -0.2) is 43.5 Å². The van der Waals surface area contributed by atoms with Gasteiger partial charge in [0.2, 0.25) is 5.88 Å². The van der Waals surface area contributed by atoms with E-state index in [1.165, 1.54) is 6.33 Å². The zero-order valence-corrected chi connectivity index (χ0v) is 14.3. The molecule has 4 rings (SSSR count). The van der Waals surface area contributed by atoms with Gasteiger partial charge >= 0.3 is 0 Å². The summed E-state index contributed by atoms with van der Waals surface area (Å²) in [6, 6.07) is 3.83. The van der Waals surface area contributed by atoms with Gasteiger partial charge in [-0.25, -0.2) is 19.9 Å². The molecule has 132 valence electrons. The minimum absolute atomic E-state index is 0.105. The predicted molar refractivity (Wildman–Crippen MR) is 94.5 cm³/mol. The fourth-order valence-corrected chi connectivity index (χ4v) is 3.06. The minimum Gasteiger partial charge on any atom is -0.481 e. The summed E-state index contributed by atoms with van der Waals surface area (Å²) in [5.74, 6) is 1.11. The maximum absolute atomic E-state index is 12.5. The van der Waals surface area contributed by atoms with E-state index in [9.17, 15) is 4.79 Å². The Labute approximate surface area is 149 Å². The highest BCUT2D eigenvalue weighted by atomic mass is 16.5. The fraction of sp³-hybridized carbons (Fsp3) is 0.278. The van der Waals surface area contributed by atoms with Crippen molar-refractivity contribution in [2.75, 3.05) is 13.7 Å². The molecule has 0 radical (unpaired) electrons. The molecule has 4 heterocycles. The first kappa shape index (κ1) is 16.3. The van der Waals surface area contributed by atoms with Gasteiger partial charge in [0.1, 0.15) is 12.2 Å². The minimum atomic E-state index is -0.105. The smallest absolute Gasteiger partial charge is 0.255 e. The van der Waals surface area contributed by atoms with E-state index in [0.717, 1.165) is 36.3 Å². The zero-order valence-electron chi connectivity index (χ0n) is 14.3. The van der Waals surface area contributed by atoms with Crippen LogP contribution in [0.3, 0.4) is 0 Å². The van der Waals surface area contributed by atoms with Crippen molar-refractivity contribution >= 4 is 0 Å². The number of aromatic nitrogens is 5. The molecule has 0 fully saturated rings. The monoisotopic (exact) mass is 350 g/mol. The molecule has 1 aliphatic heterocycles. The van der Waals surface area contributed by atoms with Crippen molar-refractivity contribution in [2.24, 2.45) is 0 Å². The summed E-state index contributed by atoms with van der Waals surface area (Å²) in [7, 11) is 1.60. The van der Waals surface area contributed by atoms with Crippen molar-refractivity contribution in [3.05, 3.63) is 64.2 Å². The molecular weight excluding hydrogens is 332 g/mol. The third-order valence-electron chi connectivity index (χ3n) is 4.39. The Kier molecular flexibility index (Phi) is 4.40. The molecule has 3 aromatic heterocycles. The van der Waals surface area contributed by atoms with Gasteiger partial charge in [0.25, 0.3) is 5.56 Å². The van der Waals surface area contributed by atoms with Gasteiger partial charge in [-0.3, -0.25) is 9.69 Å². The molecule has 0 atom stereocenters. The average molecular weight is 350 g/mol. The Morgan fingerprint density at radius 1 is 1.23 bits per heavy atom. The van der Waals surface area contributed by atoms with Crippen LogP contribution in [0.1, 0.15) is 16.8 Å². The van der Waals surface area contributed by atoms with E-state index in [4.69, 9.17) is 4.74 Å². The summed E-state index contributed by atoms with van der Waals surface area (Å²) in [6.07, 6.45) is 7.26. The van der Waals surface area contributed by atoms with Crippen LogP contribution in [0.5, 0.6) is 5.88 Å². The summed E-state index contributed by atoms with van der Waals surface area (Å²) < 4.78 is 5.08. The van der Waals surface area contributed by atoms with E-state index in [1.807, 2.05) is 12.1 Å². The van der Waals surface area contributed by atoms with Gasteiger partial charge in [0.05, 0.1) is 23.9 Å². The third kappa shape index (κ3) is 3.31. The van der Waals surface area contributed by atoms with Crippen molar-refractivity contribution in [1.29, 1.82) is 0 Å². The van der Waals surface area contributed by atoms with Gasteiger partial charge < -0.3 is 9.72 Å². The number of H-pyrrole nitrogens is 1. The summed E-state index contributed by atoms with van der Waals surface area (Å²) in [4.78, 5) is 34.4. The highest BCUT2D eigenvalue weighted by Crippen LogP contribution is 2.19. The molecule has 0 bridgehead atoms. The maximum atomic E-state index is 12.5. The van der Waals surface area contributed by atoms with Gasteiger partial charge in [-0.1, -0.05) is 6.07 Å². The number of ether oxygens (including phenoxy) is 1. The number of hydrogen-bond acceptors (Lipinski definition) is 7. The van der Waals surface area contributed by atoms with Crippen LogP contribution in [0, 0.1) is 0 Å². The topological polar surface area (TPSA) is 96.9 Å². The maximum Gasteiger partial charge on any atom is 0.255 e. The van der Waals surface area contributed by atoms with Crippen molar-refractivity contribution in [3.63, 3.8) is 0 Å². The standard InChI is InChI=1S/C18H18N6O2/c1-26-16-3-2-12(6-21-16)9-24-5-4-15-14(10-24)18(25)23-17(22-15)13-7-19-11-20-8-13/h2-3,6-8,11H,4-5,9-10H2,1H3,(H,22,23,25). The van der Waals surface area contributed by atoms with E-state index in [0.29, 0.717) is 23.8 Å². The lowest BCUT2D eigenvalue weighted by Crippen LogP contribution is -2.35. The van der Waals surface area contributed by atoms with E-state index < -0.39 is 0 Å². The van der Waals surface area contributed by atoms with Crippen LogP contribution in [0.15, 0.2) is 41.8 Å². The third-order valence-corrected chi connectivity index (χ3v) is 4.39. The highest BCUT2D eigenvalue weighted by molar-refractivity contribution is 5.52. The number of rotatable bonds is 4. The molecule has 0 saturated heterocycles. The van der Waals surface area contributed by atoms with Crippen molar-refractivity contribution < 1.29 is 4.74 Å². The Bertz CT molecular complexity index is 956. The van der Waals surface area contributed by atoms with Gasteiger partial charge in [-0.2, -0.15) is 0 Å². The molecule has 8 heteroatoms. The Morgan fingerprint density at radius 2 is 2.08 bits per heavy atom. The van der Waals surface area contributed by atoms with Gasteiger partial charge in [0.15, 0.2) is 0 Å². The number of aromatic amines is 1. The average Bonchev–Trinajstić information content (AvgIpc) is 2.69. The summed E-state index contributed by atoms with van der Waals surface area (Å²) in [5, 5.41) is 0. The molecule has 0 spiro atoms. The summed E-state index contributed by atoms with van der Waals surface area (Å²) in [6.45, 7) is 2.12. The molecule has 0 aromatic carbocycles. The second-order valence-corrected chi connectivity index (χ2v) is 6.14. The first-order valence-electron chi connectivity index (χ1n) is 8.31. The van der Waals surface area contributed by atoms with E-state index in [1.54, 1.807) is 25.7 Å². The Balaban J connectivity index is 1.54. The number of nitrogens with one attached hydrogen (secondary N) is 1. The van der Waals surface area contributed by atoms with E-state index >= 15 is 0 Å². The Morgan fingerprint density at radius 3 is 2.81 bits per heavy atom. The van der Waals surface area contributed by atoms with Crippen molar-refractivity contribution in [3.8, 4) is 17.3 Å². The lowest BCUT2D eigenvalue weighted by molar-refractivity contribution is 0.241. The number of methoxy groups -OCH3 is 1. The first-order chi connectivity index (χ1) is 12.7. The van der Waals surface area contributed by atoms with Crippen molar-refractivity contribution in [1.82, 2.24) is 29.8 Å². The van der Waals surface area contributed by atoms with Gasteiger partial charge in [-0.15, -0.1) is 0 Å². The van der Waals surface area contributed by atoms with Crippen LogP contribution in [0.2, 0.25) is 0 Å². The van der Waals surface area contributed by atoms with Crippen LogP contribution in [0.25, 0.3) is 11.4 Å². The zero-order chi connectivity index (χ0) is 17.9. The van der Waals surface area contributed by atoms with Gasteiger partial charge in [0, 0.05) is 50.7 Å².